The third-order valence-corrected chi connectivity index (χ3v) is 3.83. The van der Waals surface area contributed by atoms with Gasteiger partial charge in [-0.1, -0.05) is 11.6 Å². The molecule has 1 heterocycles. The van der Waals surface area contributed by atoms with Gasteiger partial charge in [-0.3, -0.25) is 0 Å². The van der Waals surface area contributed by atoms with Gasteiger partial charge in [-0.05, 0) is 28.1 Å². The molecule has 1 saturated heterocycles. The number of carbonyl (C=O) groups is 1. The minimum atomic E-state index is -0.646. The summed E-state index contributed by atoms with van der Waals surface area (Å²) in [6.07, 6.45) is 0. The van der Waals surface area contributed by atoms with Crippen molar-refractivity contribution in [3.8, 4) is 0 Å². The van der Waals surface area contributed by atoms with Gasteiger partial charge >= 0.3 is 6.03 Å². The molecule has 1 N–H and O–H groups in total. The summed E-state index contributed by atoms with van der Waals surface area (Å²) in [6.45, 7) is 1.99. The number of morpholine rings is 1. The number of halogens is 3. The third kappa shape index (κ3) is 2.93. The molecule has 18 heavy (non-hydrogen) atoms. The first-order valence-corrected chi connectivity index (χ1v) is 6.54. The Bertz CT molecular complexity index is 467. The molecular weight excluding hydrogens is 326 g/mol. The Morgan fingerprint density at radius 3 is 2.78 bits per heavy atom. The molecular formula is C11H11BrClFN2O2. The van der Waals surface area contributed by atoms with Gasteiger partial charge in [0.2, 0.25) is 0 Å². The second-order valence-electron chi connectivity index (χ2n) is 3.75. The largest absolute Gasteiger partial charge is 0.378 e. The van der Waals surface area contributed by atoms with Crippen LogP contribution in [0.2, 0.25) is 5.02 Å². The maximum Gasteiger partial charge on any atom is 0.322 e. The zero-order valence-corrected chi connectivity index (χ0v) is 11.7. The average Bonchev–Trinajstić information content (AvgIpc) is 2.40. The van der Waals surface area contributed by atoms with Crippen molar-refractivity contribution in [1.82, 2.24) is 4.90 Å². The first kappa shape index (κ1) is 13.6. The summed E-state index contributed by atoms with van der Waals surface area (Å²) in [5.41, 5.74) is 0.0692. The number of nitrogens with one attached hydrogen (secondary N) is 1. The summed E-state index contributed by atoms with van der Waals surface area (Å²) in [7, 11) is 0. The zero-order chi connectivity index (χ0) is 13.1. The van der Waals surface area contributed by atoms with Gasteiger partial charge in [0, 0.05) is 17.6 Å². The molecule has 0 spiro atoms. The van der Waals surface area contributed by atoms with Crippen LogP contribution in [-0.4, -0.2) is 37.2 Å². The molecule has 0 unspecified atom stereocenters. The summed E-state index contributed by atoms with van der Waals surface area (Å²) in [4.78, 5) is 13.4. The number of ether oxygens (including phenoxy) is 1. The van der Waals surface area contributed by atoms with Gasteiger partial charge in [0.1, 0.15) is 0 Å². The van der Waals surface area contributed by atoms with Crippen LogP contribution in [0.3, 0.4) is 0 Å². The smallest absolute Gasteiger partial charge is 0.322 e. The molecule has 4 nitrogen and oxygen atoms in total. The molecule has 0 radical (unpaired) electrons. The fraction of sp³-hybridized carbons (Fsp3) is 0.364. The molecule has 1 fully saturated rings. The van der Waals surface area contributed by atoms with Crippen LogP contribution in [0.4, 0.5) is 14.9 Å². The lowest BCUT2D eigenvalue weighted by atomic mass is 10.3. The highest BCUT2D eigenvalue weighted by Gasteiger charge is 2.19. The van der Waals surface area contributed by atoms with E-state index in [1.807, 2.05) is 0 Å². The van der Waals surface area contributed by atoms with Gasteiger partial charge in [0.25, 0.3) is 0 Å². The van der Waals surface area contributed by atoms with Crippen LogP contribution in [0.5, 0.6) is 0 Å². The third-order valence-electron chi connectivity index (χ3n) is 2.58. The van der Waals surface area contributed by atoms with Crippen molar-refractivity contribution in [2.45, 2.75) is 0 Å². The number of benzene rings is 1. The van der Waals surface area contributed by atoms with E-state index >= 15 is 0 Å². The van der Waals surface area contributed by atoms with Crippen LogP contribution in [-0.2, 0) is 4.74 Å². The molecule has 2 rings (SSSR count). The van der Waals surface area contributed by atoms with E-state index < -0.39 is 5.82 Å². The van der Waals surface area contributed by atoms with E-state index in [1.54, 1.807) is 11.0 Å². The summed E-state index contributed by atoms with van der Waals surface area (Å²) >= 11 is 8.86. The van der Waals surface area contributed by atoms with Gasteiger partial charge in [-0.25, -0.2) is 9.18 Å². The highest BCUT2D eigenvalue weighted by atomic mass is 79.9. The number of nitrogens with zero attached hydrogens (tertiary/aromatic N) is 1. The van der Waals surface area contributed by atoms with E-state index in [0.717, 1.165) is 0 Å². The molecule has 0 aliphatic carbocycles. The molecule has 0 bridgehead atoms. The number of hydrogen-bond donors (Lipinski definition) is 1. The Morgan fingerprint density at radius 2 is 2.11 bits per heavy atom. The molecule has 0 aromatic heterocycles. The number of hydrogen-bond acceptors (Lipinski definition) is 2. The Hall–Kier alpha value is -0.850. The molecule has 1 aliphatic rings. The topological polar surface area (TPSA) is 41.6 Å². The fourth-order valence-electron chi connectivity index (χ4n) is 1.58. The van der Waals surface area contributed by atoms with Crippen LogP contribution >= 0.6 is 27.5 Å². The van der Waals surface area contributed by atoms with Gasteiger partial charge < -0.3 is 15.0 Å². The van der Waals surface area contributed by atoms with Crippen LogP contribution in [0.25, 0.3) is 0 Å². The lowest BCUT2D eigenvalue weighted by Gasteiger charge is -2.27. The van der Waals surface area contributed by atoms with Crippen LogP contribution in [0.15, 0.2) is 16.6 Å². The first-order chi connectivity index (χ1) is 8.59. The molecule has 7 heteroatoms. The molecule has 98 valence electrons. The highest BCUT2D eigenvalue weighted by Crippen LogP contribution is 2.30. The summed E-state index contributed by atoms with van der Waals surface area (Å²) in [6, 6.07) is 2.69. The predicted molar refractivity (Wildman–Crippen MR) is 70.5 cm³/mol. The van der Waals surface area contributed by atoms with E-state index in [2.05, 4.69) is 21.2 Å². The SMILES string of the molecule is O=C(Nc1ccc(Br)c(Cl)c1F)N1CCOCC1. The van der Waals surface area contributed by atoms with Gasteiger partial charge in [-0.2, -0.15) is 0 Å². The Kier molecular flexibility index (Phi) is 4.42. The molecule has 2 amide bonds. The van der Waals surface area contributed by atoms with Crippen molar-refractivity contribution in [2.24, 2.45) is 0 Å². The van der Waals surface area contributed by atoms with Crippen molar-refractivity contribution in [2.75, 3.05) is 31.6 Å². The number of anilines is 1. The van der Waals surface area contributed by atoms with E-state index in [-0.39, 0.29) is 16.7 Å². The lowest BCUT2D eigenvalue weighted by molar-refractivity contribution is 0.0564. The number of amides is 2. The molecule has 1 aromatic rings. The molecule has 1 aromatic carbocycles. The Labute approximate surface area is 117 Å². The van der Waals surface area contributed by atoms with Crippen LogP contribution in [0, 0.1) is 5.82 Å². The number of urea groups is 1. The van der Waals surface area contributed by atoms with E-state index in [4.69, 9.17) is 16.3 Å². The van der Waals surface area contributed by atoms with E-state index in [1.165, 1.54) is 6.07 Å². The monoisotopic (exact) mass is 336 g/mol. The Balaban J connectivity index is 2.09. The summed E-state index contributed by atoms with van der Waals surface area (Å²) < 4.78 is 19.4. The standard InChI is InChI=1S/C11H11BrClFN2O2/c12-7-1-2-8(10(14)9(7)13)15-11(17)16-3-5-18-6-4-16/h1-2H,3-6H2,(H,15,17). The van der Waals surface area contributed by atoms with Crippen molar-refractivity contribution in [3.05, 3.63) is 27.4 Å². The molecule has 0 atom stereocenters. The van der Waals surface area contributed by atoms with Gasteiger partial charge in [0.05, 0.1) is 23.9 Å². The predicted octanol–water partition coefficient (Wildman–Crippen LogP) is 3.11. The quantitative estimate of drug-likeness (QED) is 0.800. The second kappa shape index (κ2) is 5.86. The average molecular weight is 338 g/mol. The normalized spacial score (nSPS) is 15.6. The Morgan fingerprint density at radius 1 is 1.44 bits per heavy atom. The number of rotatable bonds is 1. The van der Waals surface area contributed by atoms with E-state index in [0.29, 0.717) is 30.8 Å². The van der Waals surface area contributed by atoms with Gasteiger partial charge in [-0.15, -0.1) is 0 Å². The zero-order valence-electron chi connectivity index (χ0n) is 9.38. The minimum Gasteiger partial charge on any atom is -0.378 e. The highest BCUT2D eigenvalue weighted by molar-refractivity contribution is 9.10. The lowest BCUT2D eigenvalue weighted by Crippen LogP contribution is -2.43. The number of carbonyl (C=O) groups excluding carboxylic acids is 1. The maximum atomic E-state index is 13.8. The second-order valence-corrected chi connectivity index (χ2v) is 4.98. The molecule has 0 saturated carbocycles. The van der Waals surface area contributed by atoms with E-state index in [9.17, 15) is 9.18 Å². The van der Waals surface area contributed by atoms with Crippen molar-refractivity contribution < 1.29 is 13.9 Å². The van der Waals surface area contributed by atoms with Crippen molar-refractivity contribution in [3.63, 3.8) is 0 Å². The van der Waals surface area contributed by atoms with Crippen molar-refractivity contribution in [1.29, 1.82) is 0 Å². The summed E-state index contributed by atoms with van der Waals surface area (Å²) in [5.74, 6) is -0.646. The first-order valence-electron chi connectivity index (χ1n) is 5.37. The van der Waals surface area contributed by atoms with Crippen LogP contribution in [0.1, 0.15) is 0 Å². The maximum absolute atomic E-state index is 13.8. The summed E-state index contributed by atoms with van der Waals surface area (Å²) in [5, 5.41) is 2.45. The van der Waals surface area contributed by atoms with Gasteiger partial charge in [0.15, 0.2) is 5.82 Å². The van der Waals surface area contributed by atoms with Crippen molar-refractivity contribution >= 4 is 39.2 Å². The minimum absolute atomic E-state index is 0.0465. The molecule has 1 aliphatic heterocycles. The van der Waals surface area contributed by atoms with Crippen LogP contribution < -0.4 is 5.32 Å². The fourth-order valence-corrected chi connectivity index (χ4v) is 2.05.